The number of amides is 1. The number of hydrogen-bond acceptors (Lipinski definition) is 4. The molecule has 0 aromatic heterocycles. The van der Waals surface area contributed by atoms with Crippen molar-refractivity contribution in [2.45, 2.75) is 50.3 Å². The first-order valence-corrected chi connectivity index (χ1v) is 11.3. The third-order valence-electron chi connectivity index (χ3n) is 5.10. The molecule has 0 fully saturated rings. The minimum atomic E-state index is -3.74. The van der Waals surface area contributed by atoms with Gasteiger partial charge in [-0.15, -0.1) is 0 Å². The van der Waals surface area contributed by atoms with E-state index in [-0.39, 0.29) is 16.2 Å². The van der Waals surface area contributed by atoms with Crippen LogP contribution in [0.4, 0.5) is 5.69 Å². The average Bonchev–Trinajstić information content (AvgIpc) is 3.07. The van der Waals surface area contributed by atoms with Gasteiger partial charge in [-0.1, -0.05) is 32.9 Å². The fourth-order valence-electron chi connectivity index (χ4n) is 3.41. The molecule has 0 radical (unpaired) electrons. The Hall–Kier alpha value is -2.38. The molecule has 2 aromatic rings. The lowest BCUT2D eigenvalue weighted by Crippen LogP contribution is -2.29. The van der Waals surface area contributed by atoms with Crippen LogP contribution in [0.1, 0.15) is 44.7 Å². The van der Waals surface area contributed by atoms with Crippen molar-refractivity contribution < 1.29 is 17.9 Å². The van der Waals surface area contributed by atoms with Crippen molar-refractivity contribution in [3.8, 4) is 5.75 Å². The van der Waals surface area contributed by atoms with E-state index in [4.69, 9.17) is 9.88 Å². The van der Waals surface area contributed by atoms with Crippen LogP contribution < -0.4 is 14.8 Å². The molecule has 2 aromatic carbocycles. The molecule has 0 saturated carbocycles. The lowest BCUT2D eigenvalue weighted by atomic mass is 9.87. The maximum absolute atomic E-state index is 12.6. The van der Waals surface area contributed by atoms with Crippen molar-refractivity contribution in [2.24, 2.45) is 5.14 Å². The molecule has 1 amide bonds. The number of sulfonamides is 1. The summed E-state index contributed by atoms with van der Waals surface area (Å²) in [7, 11) is -3.74. The maximum atomic E-state index is 12.6. The van der Waals surface area contributed by atoms with Gasteiger partial charge in [0.2, 0.25) is 15.9 Å². The molecule has 6 nitrogen and oxygen atoms in total. The number of carbonyl (C=O) groups is 1. The lowest BCUT2D eigenvalue weighted by Gasteiger charge is -2.19. The van der Waals surface area contributed by atoms with Crippen LogP contribution in [0, 0.1) is 0 Å². The third-order valence-corrected chi connectivity index (χ3v) is 6.01. The van der Waals surface area contributed by atoms with Crippen molar-refractivity contribution in [2.75, 3.05) is 18.1 Å². The summed E-state index contributed by atoms with van der Waals surface area (Å²) in [6, 6.07) is 12.7. The zero-order chi connectivity index (χ0) is 21.2. The van der Waals surface area contributed by atoms with Crippen LogP contribution in [0.5, 0.6) is 5.75 Å². The highest BCUT2D eigenvalue weighted by Crippen LogP contribution is 2.30. The van der Waals surface area contributed by atoms with Crippen molar-refractivity contribution in [1.82, 2.24) is 0 Å². The van der Waals surface area contributed by atoms with Crippen molar-refractivity contribution in [3.63, 3.8) is 0 Å². The van der Waals surface area contributed by atoms with Crippen molar-refractivity contribution >= 4 is 21.6 Å². The van der Waals surface area contributed by atoms with Gasteiger partial charge in [0.25, 0.3) is 0 Å². The molecule has 3 rings (SSSR count). The monoisotopic (exact) mass is 416 g/mol. The number of anilines is 1. The molecule has 1 heterocycles. The summed E-state index contributed by atoms with van der Waals surface area (Å²) >= 11 is 0. The standard InChI is InChI=1S/C22H28N2O4S/c1-22(2,3)17-6-8-18(9-7-17)28-14-4-5-21(25)24-13-12-16-15-19(29(23,26)27)10-11-20(16)24/h6-11,15H,4-5,12-14H2,1-3H3,(H2,23,26,27). The van der Waals surface area contributed by atoms with E-state index in [1.54, 1.807) is 17.0 Å². The van der Waals surface area contributed by atoms with Gasteiger partial charge in [0.1, 0.15) is 5.75 Å². The number of primary sulfonamides is 1. The van der Waals surface area contributed by atoms with Gasteiger partial charge < -0.3 is 9.64 Å². The molecule has 1 aliphatic heterocycles. The third kappa shape index (κ3) is 5.16. The molecule has 1 aliphatic rings. The number of rotatable bonds is 6. The Labute approximate surface area is 172 Å². The van der Waals surface area contributed by atoms with Gasteiger partial charge in [0, 0.05) is 18.7 Å². The topological polar surface area (TPSA) is 89.7 Å². The Balaban J connectivity index is 1.51. The van der Waals surface area contributed by atoms with Crippen LogP contribution in [-0.2, 0) is 26.7 Å². The van der Waals surface area contributed by atoms with Crippen LogP contribution in [0.25, 0.3) is 0 Å². The van der Waals surface area contributed by atoms with E-state index in [1.165, 1.54) is 11.6 Å². The molecule has 0 spiro atoms. The molecule has 0 saturated heterocycles. The van der Waals surface area contributed by atoms with Crippen molar-refractivity contribution in [3.05, 3.63) is 53.6 Å². The minimum absolute atomic E-state index is 0.0128. The lowest BCUT2D eigenvalue weighted by molar-refractivity contribution is -0.118. The fourth-order valence-corrected chi connectivity index (χ4v) is 3.98. The molecule has 0 aliphatic carbocycles. The summed E-state index contributed by atoms with van der Waals surface area (Å²) in [5, 5.41) is 5.18. The molecule has 0 bridgehead atoms. The van der Waals surface area contributed by atoms with Crippen LogP contribution in [0.3, 0.4) is 0 Å². The fraction of sp³-hybridized carbons (Fsp3) is 0.409. The molecule has 0 atom stereocenters. The number of nitrogens with zero attached hydrogens (tertiary/aromatic N) is 1. The molecule has 2 N–H and O–H groups in total. The number of hydrogen-bond donors (Lipinski definition) is 1. The first-order valence-electron chi connectivity index (χ1n) is 9.75. The SMILES string of the molecule is CC(C)(C)c1ccc(OCCCC(=O)N2CCc3cc(S(N)(=O)=O)ccc32)cc1. The van der Waals surface area contributed by atoms with Gasteiger partial charge in [-0.2, -0.15) is 0 Å². The summed E-state index contributed by atoms with van der Waals surface area (Å²) in [5.74, 6) is 0.811. The van der Waals surface area contributed by atoms with E-state index < -0.39 is 10.0 Å². The van der Waals surface area contributed by atoms with E-state index >= 15 is 0 Å². The summed E-state index contributed by atoms with van der Waals surface area (Å²) in [5.41, 5.74) is 2.95. The average molecular weight is 417 g/mol. The molecular formula is C22H28N2O4S. The molecule has 0 unspecified atom stereocenters. The Bertz CT molecular complexity index is 992. The Morgan fingerprint density at radius 3 is 2.45 bits per heavy atom. The second kappa shape index (κ2) is 8.16. The van der Waals surface area contributed by atoms with E-state index in [2.05, 4.69) is 32.9 Å². The number of nitrogens with two attached hydrogens (primary N) is 1. The summed E-state index contributed by atoms with van der Waals surface area (Å²) in [6.45, 7) is 7.52. The van der Waals surface area contributed by atoms with E-state index in [9.17, 15) is 13.2 Å². The zero-order valence-electron chi connectivity index (χ0n) is 17.1. The zero-order valence-corrected chi connectivity index (χ0v) is 18.0. The molecular weight excluding hydrogens is 388 g/mol. The highest BCUT2D eigenvalue weighted by atomic mass is 32.2. The van der Waals surface area contributed by atoms with E-state index in [0.29, 0.717) is 32.4 Å². The number of benzene rings is 2. The van der Waals surface area contributed by atoms with Gasteiger partial charge in [-0.25, -0.2) is 13.6 Å². The largest absolute Gasteiger partial charge is 0.494 e. The van der Waals surface area contributed by atoms with Gasteiger partial charge in [0.15, 0.2) is 0 Å². The van der Waals surface area contributed by atoms with Crippen LogP contribution >= 0.6 is 0 Å². The first-order chi connectivity index (χ1) is 13.6. The Morgan fingerprint density at radius 2 is 1.83 bits per heavy atom. The van der Waals surface area contributed by atoms with Gasteiger partial charge >= 0.3 is 0 Å². The van der Waals surface area contributed by atoms with E-state index in [1.807, 2.05) is 12.1 Å². The number of carbonyl (C=O) groups excluding carboxylic acids is 1. The summed E-state index contributed by atoms with van der Waals surface area (Å²) in [4.78, 5) is 14.4. The van der Waals surface area contributed by atoms with Crippen LogP contribution in [0.2, 0.25) is 0 Å². The maximum Gasteiger partial charge on any atom is 0.238 e. The quantitative estimate of drug-likeness (QED) is 0.731. The molecule has 7 heteroatoms. The molecule has 29 heavy (non-hydrogen) atoms. The van der Waals surface area contributed by atoms with Crippen LogP contribution in [-0.4, -0.2) is 27.5 Å². The highest BCUT2D eigenvalue weighted by molar-refractivity contribution is 7.89. The normalized spacial score (nSPS) is 14.0. The summed E-state index contributed by atoms with van der Waals surface area (Å²) in [6.07, 6.45) is 1.61. The first kappa shape index (κ1) is 21.3. The predicted molar refractivity (Wildman–Crippen MR) is 114 cm³/mol. The second-order valence-corrected chi connectivity index (χ2v) is 9.92. The Kier molecular flexibility index (Phi) is 6.00. The summed E-state index contributed by atoms with van der Waals surface area (Å²) < 4.78 is 28.7. The highest BCUT2D eigenvalue weighted by Gasteiger charge is 2.25. The van der Waals surface area contributed by atoms with Crippen LogP contribution in [0.15, 0.2) is 47.4 Å². The van der Waals surface area contributed by atoms with Crippen molar-refractivity contribution in [1.29, 1.82) is 0 Å². The van der Waals surface area contributed by atoms with Gasteiger partial charge in [-0.05, 0) is 59.7 Å². The Morgan fingerprint density at radius 1 is 1.14 bits per heavy atom. The predicted octanol–water partition coefficient (Wildman–Crippen LogP) is 3.38. The second-order valence-electron chi connectivity index (χ2n) is 8.36. The van der Waals surface area contributed by atoms with Gasteiger partial charge in [-0.3, -0.25) is 4.79 Å². The molecule has 156 valence electrons. The van der Waals surface area contributed by atoms with Gasteiger partial charge in [0.05, 0.1) is 11.5 Å². The number of ether oxygens (including phenoxy) is 1. The minimum Gasteiger partial charge on any atom is -0.494 e. The number of fused-ring (bicyclic) bond motifs is 1. The smallest absolute Gasteiger partial charge is 0.238 e. The van der Waals surface area contributed by atoms with E-state index in [0.717, 1.165) is 17.0 Å².